The molecular formula is C16H15BrN2O4. The third kappa shape index (κ3) is 5.30. The van der Waals surface area contributed by atoms with Gasteiger partial charge in [0, 0.05) is 4.47 Å². The number of hydrogen-bond donors (Lipinski definition) is 2. The minimum Gasteiger partial charge on any atom is -0.504 e. The molecule has 23 heavy (non-hydrogen) atoms. The molecule has 0 fully saturated rings. The number of nitrogens with zero attached hydrogens (tertiary/aromatic N) is 1. The molecule has 2 rings (SSSR count). The van der Waals surface area contributed by atoms with Gasteiger partial charge < -0.3 is 14.6 Å². The van der Waals surface area contributed by atoms with Gasteiger partial charge in [-0.2, -0.15) is 5.10 Å². The average Bonchev–Trinajstić information content (AvgIpc) is 2.54. The van der Waals surface area contributed by atoms with Crippen molar-refractivity contribution < 1.29 is 19.4 Å². The van der Waals surface area contributed by atoms with Crippen molar-refractivity contribution in [3.63, 3.8) is 0 Å². The van der Waals surface area contributed by atoms with E-state index >= 15 is 0 Å². The second-order valence-corrected chi connectivity index (χ2v) is 5.38. The zero-order valence-corrected chi connectivity index (χ0v) is 13.9. The van der Waals surface area contributed by atoms with Crippen molar-refractivity contribution in [3.05, 3.63) is 52.5 Å². The quantitative estimate of drug-likeness (QED) is 0.598. The number of hydrazone groups is 1. The van der Waals surface area contributed by atoms with Gasteiger partial charge in [0.25, 0.3) is 5.91 Å². The fraction of sp³-hybridized carbons (Fsp3) is 0.125. The predicted octanol–water partition coefficient (Wildman–Crippen LogP) is 2.69. The monoisotopic (exact) mass is 378 g/mol. The van der Waals surface area contributed by atoms with E-state index in [9.17, 15) is 9.90 Å². The highest BCUT2D eigenvalue weighted by atomic mass is 79.9. The van der Waals surface area contributed by atoms with Gasteiger partial charge in [-0.1, -0.05) is 15.9 Å². The zero-order valence-electron chi connectivity index (χ0n) is 12.3. The molecule has 0 radical (unpaired) electrons. The molecule has 1 amide bonds. The summed E-state index contributed by atoms with van der Waals surface area (Å²) in [5.41, 5.74) is 2.97. The number of methoxy groups -OCH3 is 1. The van der Waals surface area contributed by atoms with Crippen LogP contribution in [-0.2, 0) is 4.79 Å². The number of carbonyl (C=O) groups is 1. The lowest BCUT2D eigenvalue weighted by molar-refractivity contribution is -0.123. The normalized spacial score (nSPS) is 10.5. The number of carbonyl (C=O) groups excluding carboxylic acids is 1. The Labute approximate surface area is 141 Å². The van der Waals surface area contributed by atoms with Crippen molar-refractivity contribution in [2.75, 3.05) is 13.7 Å². The van der Waals surface area contributed by atoms with Crippen LogP contribution in [0.1, 0.15) is 5.56 Å². The van der Waals surface area contributed by atoms with E-state index in [1.165, 1.54) is 19.4 Å². The van der Waals surface area contributed by atoms with E-state index in [4.69, 9.17) is 9.47 Å². The van der Waals surface area contributed by atoms with Crippen molar-refractivity contribution in [3.8, 4) is 17.2 Å². The maximum absolute atomic E-state index is 11.6. The van der Waals surface area contributed by atoms with E-state index in [0.717, 1.165) is 4.47 Å². The highest BCUT2D eigenvalue weighted by molar-refractivity contribution is 9.10. The summed E-state index contributed by atoms with van der Waals surface area (Å²) in [4.78, 5) is 11.6. The van der Waals surface area contributed by atoms with E-state index in [1.807, 2.05) is 12.1 Å². The highest BCUT2D eigenvalue weighted by Crippen LogP contribution is 2.25. The van der Waals surface area contributed by atoms with Gasteiger partial charge in [0.05, 0.1) is 13.3 Å². The second kappa shape index (κ2) is 8.19. The fourth-order valence-corrected chi connectivity index (χ4v) is 1.94. The number of benzene rings is 2. The van der Waals surface area contributed by atoms with Gasteiger partial charge in [-0.25, -0.2) is 5.43 Å². The Bertz CT molecular complexity index is 702. The Balaban J connectivity index is 1.81. The van der Waals surface area contributed by atoms with Crippen LogP contribution >= 0.6 is 15.9 Å². The van der Waals surface area contributed by atoms with Gasteiger partial charge in [0.2, 0.25) is 0 Å². The van der Waals surface area contributed by atoms with Gasteiger partial charge in [0.15, 0.2) is 18.1 Å². The summed E-state index contributed by atoms with van der Waals surface area (Å²) in [7, 11) is 1.47. The van der Waals surface area contributed by atoms with Crippen LogP contribution in [0.5, 0.6) is 17.2 Å². The summed E-state index contributed by atoms with van der Waals surface area (Å²) in [6, 6.07) is 11.9. The van der Waals surface area contributed by atoms with E-state index in [1.54, 1.807) is 24.3 Å². The Morgan fingerprint density at radius 3 is 2.70 bits per heavy atom. The van der Waals surface area contributed by atoms with Crippen molar-refractivity contribution in [1.29, 1.82) is 0 Å². The van der Waals surface area contributed by atoms with E-state index in [2.05, 4.69) is 26.5 Å². The fourth-order valence-electron chi connectivity index (χ4n) is 1.68. The van der Waals surface area contributed by atoms with E-state index in [0.29, 0.717) is 17.1 Å². The first kappa shape index (κ1) is 16.8. The predicted molar refractivity (Wildman–Crippen MR) is 90.0 cm³/mol. The number of ether oxygens (including phenoxy) is 2. The molecule has 0 saturated heterocycles. The number of phenols is 1. The Morgan fingerprint density at radius 2 is 2.04 bits per heavy atom. The highest BCUT2D eigenvalue weighted by Gasteiger charge is 2.02. The lowest BCUT2D eigenvalue weighted by Crippen LogP contribution is -2.24. The summed E-state index contributed by atoms with van der Waals surface area (Å²) in [5.74, 6) is 0.574. The van der Waals surface area contributed by atoms with E-state index in [-0.39, 0.29) is 18.3 Å². The molecular weight excluding hydrogens is 364 g/mol. The first-order valence-electron chi connectivity index (χ1n) is 6.66. The number of phenolic OH excluding ortho intramolecular Hbond substituents is 1. The van der Waals surface area contributed by atoms with Crippen LogP contribution in [0.4, 0.5) is 0 Å². The lowest BCUT2D eigenvalue weighted by atomic mass is 10.2. The molecule has 2 N–H and O–H groups in total. The van der Waals surface area contributed by atoms with Crippen LogP contribution < -0.4 is 14.9 Å². The minimum atomic E-state index is -0.387. The largest absolute Gasteiger partial charge is 0.504 e. The SMILES string of the molecule is COc1ccc(/C=N/NC(=O)COc2ccc(Br)cc2)cc1O. The van der Waals surface area contributed by atoms with Gasteiger partial charge >= 0.3 is 0 Å². The summed E-state index contributed by atoms with van der Waals surface area (Å²) in [6.07, 6.45) is 1.41. The molecule has 0 spiro atoms. The summed E-state index contributed by atoms with van der Waals surface area (Å²) in [6.45, 7) is -0.146. The van der Waals surface area contributed by atoms with Crippen LogP contribution in [0.3, 0.4) is 0 Å². The molecule has 0 atom stereocenters. The Hall–Kier alpha value is -2.54. The molecule has 0 unspecified atom stereocenters. The number of aromatic hydroxyl groups is 1. The van der Waals surface area contributed by atoms with Gasteiger partial charge in [-0.3, -0.25) is 4.79 Å². The minimum absolute atomic E-state index is 0.00125. The van der Waals surface area contributed by atoms with Gasteiger partial charge in [-0.15, -0.1) is 0 Å². The van der Waals surface area contributed by atoms with Crippen molar-refractivity contribution >= 4 is 28.1 Å². The number of nitrogens with one attached hydrogen (secondary N) is 1. The van der Waals surface area contributed by atoms with Crippen LogP contribution in [0.2, 0.25) is 0 Å². The van der Waals surface area contributed by atoms with Gasteiger partial charge in [-0.05, 0) is 48.0 Å². The second-order valence-electron chi connectivity index (χ2n) is 4.47. The standard InChI is InChI=1S/C16H15BrN2O4/c1-22-15-7-2-11(8-14(15)20)9-18-19-16(21)10-23-13-5-3-12(17)4-6-13/h2-9,20H,10H2,1H3,(H,19,21)/b18-9+. The Kier molecular flexibility index (Phi) is 5.99. The number of rotatable bonds is 6. The molecule has 2 aromatic rings. The Morgan fingerprint density at radius 1 is 1.30 bits per heavy atom. The van der Waals surface area contributed by atoms with E-state index < -0.39 is 0 Å². The van der Waals surface area contributed by atoms with Crippen LogP contribution in [0, 0.1) is 0 Å². The molecule has 0 aliphatic heterocycles. The molecule has 0 aliphatic carbocycles. The van der Waals surface area contributed by atoms with Crippen LogP contribution in [-0.4, -0.2) is 30.9 Å². The van der Waals surface area contributed by atoms with Crippen LogP contribution in [0.15, 0.2) is 52.0 Å². The number of amides is 1. The number of hydrogen-bond acceptors (Lipinski definition) is 5. The summed E-state index contributed by atoms with van der Waals surface area (Å²) in [5, 5.41) is 13.4. The molecule has 6 nitrogen and oxygen atoms in total. The average molecular weight is 379 g/mol. The molecule has 120 valence electrons. The zero-order chi connectivity index (χ0) is 16.7. The first-order chi connectivity index (χ1) is 11.1. The maximum Gasteiger partial charge on any atom is 0.277 e. The van der Waals surface area contributed by atoms with Crippen molar-refractivity contribution in [1.82, 2.24) is 5.43 Å². The van der Waals surface area contributed by atoms with Crippen molar-refractivity contribution in [2.24, 2.45) is 5.10 Å². The van der Waals surface area contributed by atoms with Crippen molar-refractivity contribution in [2.45, 2.75) is 0 Å². The third-order valence-electron chi connectivity index (χ3n) is 2.79. The molecule has 0 saturated carbocycles. The smallest absolute Gasteiger partial charge is 0.277 e. The summed E-state index contributed by atoms with van der Waals surface area (Å²) < 4.78 is 11.2. The third-order valence-corrected chi connectivity index (χ3v) is 3.32. The maximum atomic E-state index is 11.6. The molecule has 0 heterocycles. The molecule has 7 heteroatoms. The summed E-state index contributed by atoms with van der Waals surface area (Å²) >= 11 is 3.32. The van der Waals surface area contributed by atoms with Crippen LogP contribution in [0.25, 0.3) is 0 Å². The van der Waals surface area contributed by atoms with Gasteiger partial charge in [0.1, 0.15) is 5.75 Å². The molecule has 0 aromatic heterocycles. The molecule has 2 aromatic carbocycles. The number of halogens is 1. The first-order valence-corrected chi connectivity index (χ1v) is 7.45. The lowest BCUT2D eigenvalue weighted by Gasteiger charge is -2.05. The molecule has 0 aliphatic rings. The molecule has 0 bridgehead atoms. The topological polar surface area (TPSA) is 80.2 Å².